The maximum atomic E-state index is 13.7. The molecule has 1 aliphatic rings. The van der Waals surface area contributed by atoms with Crippen molar-refractivity contribution in [2.45, 2.75) is 111 Å². The van der Waals surface area contributed by atoms with E-state index < -0.39 is 52.4 Å². The Labute approximate surface area is 273 Å². The largest absolute Gasteiger partial charge is 0.456 e. The molecule has 1 unspecified atom stereocenters. The Morgan fingerprint density at radius 1 is 0.933 bits per heavy atom. The van der Waals surface area contributed by atoms with Crippen LogP contribution in [0.5, 0.6) is 0 Å². The van der Waals surface area contributed by atoms with Crippen LogP contribution in [0.25, 0.3) is 0 Å². The number of carbonyl (C=O) groups is 4. The smallest absolute Gasteiger partial charge is 0.408 e. The van der Waals surface area contributed by atoms with Crippen molar-refractivity contribution >= 4 is 35.6 Å². The summed E-state index contributed by atoms with van der Waals surface area (Å²) in [6, 6.07) is 4.73. The lowest BCUT2D eigenvalue weighted by molar-refractivity contribution is -0.159. The Balaban J connectivity index is 2.02. The van der Waals surface area contributed by atoms with Crippen molar-refractivity contribution in [3.05, 3.63) is 34.9 Å². The van der Waals surface area contributed by atoms with E-state index in [-0.39, 0.29) is 30.8 Å². The number of halogens is 1. The molecule has 45 heavy (non-hydrogen) atoms. The van der Waals surface area contributed by atoms with E-state index in [0.29, 0.717) is 18.0 Å². The van der Waals surface area contributed by atoms with E-state index in [1.54, 1.807) is 65.5 Å². The Bertz CT molecular complexity index is 1210. The van der Waals surface area contributed by atoms with Gasteiger partial charge in [0.05, 0.1) is 12.1 Å². The van der Waals surface area contributed by atoms with E-state index in [2.05, 4.69) is 16.0 Å². The van der Waals surface area contributed by atoms with E-state index in [1.165, 1.54) is 0 Å². The molecule has 0 saturated carbocycles. The second-order valence-corrected chi connectivity index (χ2v) is 15.3. The number of ether oxygens (including phenoxy) is 2. The van der Waals surface area contributed by atoms with Crippen molar-refractivity contribution in [2.75, 3.05) is 19.6 Å². The summed E-state index contributed by atoms with van der Waals surface area (Å²) >= 11 is 6.05. The normalized spacial score (nSPS) is 19.8. The summed E-state index contributed by atoms with van der Waals surface area (Å²) in [6.07, 6.45) is -0.408. The van der Waals surface area contributed by atoms with Crippen LogP contribution in [0.15, 0.2) is 24.3 Å². The first kappa shape index (κ1) is 38.1. The summed E-state index contributed by atoms with van der Waals surface area (Å²) in [7, 11) is 0. The first-order valence-electron chi connectivity index (χ1n) is 15.5. The minimum absolute atomic E-state index is 0.0499. The lowest BCUT2D eigenvalue weighted by Gasteiger charge is -2.51. The summed E-state index contributed by atoms with van der Waals surface area (Å²) in [6.45, 7) is 20.1. The van der Waals surface area contributed by atoms with E-state index in [1.807, 2.05) is 39.8 Å². The van der Waals surface area contributed by atoms with Crippen LogP contribution >= 0.6 is 11.6 Å². The molecule has 1 heterocycles. The third-order valence-electron chi connectivity index (χ3n) is 7.95. The molecule has 1 saturated heterocycles. The highest BCUT2D eigenvalue weighted by Gasteiger charge is 2.50. The molecule has 0 aromatic heterocycles. The second-order valence-electron chi connectivity index (χ2n) is 14.9. The van der Waals surface area contributed by atoms with Gasteiger partial charge in [-0.25, -0.2) is 14.4 Å². The molecule has 0 radical (unpaired) electrons. The summed E-state index contributed by atoms with van der Waals surface area (Å²) in [5.41, 5.74) is -2.96. The Hall–Kier alpha value is -3.05. The van der Waals surface area contributed by atoms with Gasteiger partial charge in [0.25, 0.3) is 0 Å². The number of aliphatic hydroxyl groups is 1. The molecule has 0 bridgehead atoms. The molecule has 1 aromatic carbocycles. The lowest BCUT2D eigenvalue weighted by Crippen LogP contribution is -2.61. The first-order chi connectivity index (χ1) is 20.5. The van der Waals surface area contributed by atoms with Crippen LogP contribution in [0.3, 0.4) is 0 Å². The molecular weight excluding hydrogens is 600 g/mol. The van der Waals surface area contributed by atoms with E-state index in [9.17, 15) is 24.3 Å². The third kappa shape index (κ3) is 10.5. The molecule has 11 nitrogen and oxygen atoms in total. The minimum Gasteiger partial charge on any atom is -0.456 e. The van der Waals surface area contributed by atoms with Gasteiger partial charge in [0.15, 0.2) is 0 Å². The van der Waals surface area contributed by atoms with Gasteiger partial charge in [0.2, 0.25) is 5.91 Å². The Morgan fingerprint density at radius 2 is 1.49 bits per heavy atom. The van der Waals surface area contributed by atoms with Gasteiger partial charge in [-0.15, -0.1) is 0 Å². The number of hydrogen-bond donors (Lipinski definition) is 4. The zero-order valence-electron chi connectivity index (χ0n) is 28.7. The van der Waals surface area contributed by atoms with Crippen LogP contribution in [0.1, 0.15) is 88.1 Å². The van der Waals surface area contributed by atoms with Crippen molar-refractivity contribution in [3.8, 4) is 0 Å². The van der Waals surface area contributed by atoms with Gasteiger partial charge < -0.3 is 35.4 Å². The van der Waals surface area contributed by atoms with Crippen LogP contribution in [-0.2, 0) is 24.7 Å². The minimum atomic E-state index is -1.16. The quantitative estimate of drug-likeness (QED) is 0.261. The lowest BCUT2D eigenvalue weighted by atomic mass is 9.66. The monoisotopic (exact) mass is 652 g/mol. The van der Waals surface area contributed by atoms with Crippen LogP contribution in [0.4, 0.5) is 9.59 Å². The average Bonchev–Trinajstić information content (AvgIpc) is 2.89. The summed E-state index contributed by atoms with van der Waals surface area (Å²) in [4.78, 5) is 53.6. The van der Waals surface area contributed by atoms with Crippen LogP contribution in [0, 0.1) is 17.3 Å². The Morgan fingerprint density at radius 3 is 1.98 bits per heavy atom. The number of rotatable bonds is 10. The number of urea groups is 1. The zero-order valence-corrected chi connectivity index (χ0v) is 29.4. The maximum absolute atomic E-state index is 13.7. The zero-order chi connectivity index (χ0) is 34.5. The number of hydrogen-bond acceptors (Lipinski definition) is 7. The van der Waals surface area contributed by atoms with E-state index in [0.717, 1.165) is 5.56 Å². The number of alkyl carbamates (subject to hydrolysis) is 1. The van der Waals surface area contributed by atoms with Gasteiger partial charge in [-0.05, 0) is 70.6 Å². The van der Waals surface area contributed by atoms with Crippen LogP contribution < -0.4 is 16.0 Å². The average molecular weight is 653 g/mol. The summed E-state index contributed by atoms with van der Waals surface area (Å²) in [5, 5.41) is 20.3. The second kappa shape index (κ2) is 14.6. The molecule has 0 spiro atoms. The van der Waals surface area contributed by atoms with Gasteiger partial charge in [-0.2, -0.15) is 0 Å². The van der Waals surface area contributed by atoms with Gasteiger partial charge in [-0.1, -0.05) is 65.3 Å². The molecule has 2 rings (SSSR count). The number of nitrogens with zero attached hydrogens (tertiary/aromatic N) is 1. The fourth-order valence-electron chi connectivity index (χ4n) is 5.27. The molecular formula is C33H53ClN4O7. The number of likely N-dealkylation sites (tertiary alicyclic amines) is 1. The van der Waals surface area contributed by atoms with Crippen molar-refractivity contribution < 1.29 is 33.8 Å². The molecule has 3 atom stereocenters. The van der Waals surface area contributed by atoms with Gasteiger partial charge in [-0.3, -0.25) is 4.79 Å². The predicted molar refractivity (Wildman–Crippen MR) is 174 cm³/mol. The predicted octanol–water partition coefficient (Wildman–Crippen LogP) is 4.98. The molecule has 0 aliphatic carbocycles. The summed E-state index contributed by atoms with van der Waals surface area (Å²) < 4.78 is 10.9. The van der Waals surface area contributed by atoms with Crippen molar-refractivity contribution in [2.24, 2.45) is 17.3 Å². The van der Waals surface area contributed by atoms with Crippen LogP contribution in [-0.4, -0.2) is 76.9 Å². The van der Waals surface area contributed by atoms with E-state index >= 15 is 0 Å². The fourth-order valence-corrected chi connectivity index (χ4v) is 5.40. The number of amides is 4. The molecule has 4 amide bonds. The first-order valence-corrected chi connectivity index (χ1v) is 15.9. The fraction of sp³-hybridized carbons (Fsp3) is 0.697. The van der Waals surface area contributed by atoms with Crippen molar-refractivity contribution in [1.82, 2.24) is 20.9 Å². The molecule has 4 N–H and O–H groups in total. The molecule has 1 fully saturated rings. The molecule has 254 valence electrons. The molecule has 1 aromatic rings. The Kier molecular flexibility index (Phi) is 12.4. The highest BCUT2D eigenvalue weighted by atomic mass is 35.5. The molecule has 1 aliphatic heterocycles. The summed E-state index contributed by atoms with van der Waals surface area (Å²) in [5.74, 6) is -1.41. The number of benzene rings is 1. The third-order valence-corrected chi connectivity index (χ3v) is 8.20. The number of piperidine rings is 1. The van der Waals surface area contributed by atoms with Crippen molar-refractivity contribution in [3.63, 3.8) is 0 Å². The highest BCUT2D eigenvalue weighted by Crippen LogP contribution is 2.46. The topological polar surface area (TPSA) is 146 Å². The van der Waals surface area contributed by atoms with Crippen molar-refractivity contribution in [1.29, 1.82) is 0 Å². The number of nitrogens with one attached hydrogen (secondary N) is 3. The van der Waals surface area contributed by atoms with Crippen LogP contribution in [0.2, 0.25) is 5.02 Å². The number of esters is 1. The standard InChI is InChI=1S/C33H53ClN4O7/c1-20(2)24(26(39)38-17-16-33(43,31(8,9)19-38)22-12-14-23(34)15-13-22)36-28(41)35-18-32(10,11)44-27(40)25(21(3)4)37-29(42)45-30(5,6)7/h12-15,20-21,24-25,43H,16-19H2,1-11H3,(H,37,42)(H2,35,36,41)/t24-,25?,33+/m1/s1. The van der Waals surface area contributed by atoms with E-state index in [4.69, 9.17) is 21.1 Å². The highest BCUT2D eigenvalue weighted by molar-refractivity contribution is 6.30. The maximum Gasteiger partial charge on any atom is 0.408 e. The van der Waals surface area contributed by atoms with Gasteiger partial charge in [0, 0.05) is 23.5 Å². The SMILES string of the molecule is CC(C)C(NC(=O)OC(C)(C)C)C(=O)OC(C)(C)CNC(=O)N[C@@H](C(=O)N1CC[C@](O)(c2ccc(Cl)cc2)C(C)(C)C1)C(C)C. The van der Waals surface area contributed by atoms with Gasteiger partial charge >= 0.3 is 18.1 Å². The number of carbonyl (C=O) groups excluding carboxylic acids is 4. The molecule has 12 heteroatoms. The van der Waals surface area contributed by atoms with Gasteiger partial charge in [0.1, 0.15) is 23.3 Å².